The molecule has 1 aromatic rings. The molecule has 6 nitrogen and oxygen atoms in total. The standard InChI is InChI=1S/C20H29ClN4O2/c1-15-17(21)6-5-7-18(15)22-20(27)16(2)24-12-10-23(11-13-24)14-19(26)25-8-3-4-9-25/h5-7,16H,3-4,8-14H2,1-2H3,(H,22,27)/t16-/m0/s1. The molecule has 0 unspecified atom stereocenters. The van der Waals surface area contributed by atoms with E-state index in [0.717, 1.165) is 63.4 Å². The number of anilines is 1. The van der Waals surface area contributed by atoms with E-state index in [2.05, 4.69) is 15.1 Å². The molecule has 3 rings (SSSR count). The number of likely N-dealkylation sites (tertiary alicyclic amines) is 1. The van der Waals surface area contributed by atoms with Crippen molar-refractivity contribution >= 4 is 29.1 Å². The Morgan fingerprint density at radius 2 is 1.78 bits per heavy atom. The van der Waals surface area contributed by atoms with Crippen molar-refractivity contribution in [2.24, 2.45) is 0 Å². The average Bonchev–Trinajstić information content (AvgIpc) is 3.20. The van der Waals surface area contributed by atoms with Crippen LogP contribution in [-0.2, 0) is 9.59 Å². The summed E-state index contributed by atoms with van der Waals surface area (Å²) in [5, 5.41) is 3.64. The van der Waals surface area contributed by atoms with Gasteiger partial charge in [-0.15, -0.1) is 0 Å². The van der Waals surface area contributed by atoms with Gasteiger partial charge in [0, 0.05) is 50.0 Å². The van der Waals surface area contributed by atoms with Crippen molar-refractivity contribution in [3.8, 4) is 0 Å². The number of hydrogen-bond donors (Lipinski definition) is 1. The number of amides is 2. The zero-order valence-corrected chi connectivity index (χ0v) is 17.0. The Morgan fingerprint density at radius 1 is 1.11 bits per heavy atom. The van der Waals surface area contributed by atoms with E-state index in [0.29, 0.717) is 11.6 Å². The lowest BCUT2D eigenvalue weighted by Gasteiger charge is -2.37. The summed E-state index contributed by atoms with van der Waals surface area (Å²) in [6.07, 6.45) is 2.25. The molecule has 0 spiro atoms. The van der Waals surface area contributed by atoms with Gasteiger partial charge >= 0.3 is 0 Å². The predicted octanol–water partition coefficient (Wildman–Crippen LogP) is 2.22. The molecule has 2 saturated heterocycles. The Bertz CT molecular complexity index is 683. The number of rotatable bonds is 5. The number of nitrogens with zero attached hydrogens (tertiary/aromatic N) is 3. The number of hydrogen-bond acceptors (Lipinski definition) is 4. The highest BCUT2D eigenvalue weighted by atomic mass is 35.5. The zero-order chi connectivity index (χ0) is 19.4. The van der Waals surface area contributed by atoms with Crippen molar-refractivity contribution < 1.29 is 9.59 Å². The van der Waals surface area contributed by atoms with Crippen LogP contribution in [0.1, 0.15) is 25.3 Å². The second-order valence-corrected chi connectivity index (χ2v) is 7.88. The highest BCUT2D eigenvalue weighted by Crippen LogP contribution is 2.23. The van der Waals surface area contributed by atoms with E-state index in [1.54, 1.807) is 0 Å². The number of carbonyl (C=O) groups excluding carboxylic acids is 2. The van der Waals surface area contributed by atoms with Crippen molar-refractivity contribution in [2.45, 2.75) is 32.7 Å². The smallest absolute Gasteiger partial charge is 0.241 e. The molecule has 0 aromatic heterocycles. The molecule has 2 amide bonds. The van der Waals surface area contributed by atoms with Gasteiger partial charge in [0.2, 0.25) is 11.8 Å². The number of piperazine rings is 1. The SMILES string of the molecule is Cc1c(Cl)cccc1NC(=O)[C@H](C)N1CCN(CC(=O)N2CCCC2)CC1. The van der Waals surface area contributed by atoms with Crippen LogP contribution in [-0.4, -0.2) is 78.4 Å². The first-order chi connectivity index (χ1) is 13.0. The number of benzene rings is 1. The normalized spacial score (nSPS) is 19.9. The van der Waals surface area contributed by atoms with Crippen molar-refractivity contribution in [3.05, 3.63) is 28.8 Å². The summed E-state index contributed by atoms with van der Waals surface area (Å²) in [6, 6.07) is 5.30. The van der Waals surface area contributed by atoms with Crippen LogP contribution in [0.3, 0.4) is 0 Å². The van der Waals surface area contributed by atoms with Gasteiger partial charge in [-0.1, -0.05) is 17.7 Å². The fourth-order valence-corrected chi connectivity index (χ4v) is 3.89. The summed E-state index contributed by atoms with van der Waals surface area (Å²) >= 11 is 6.13. The van der Waals surface area contributed by atoms with E-state index in [9.17, 15) is 9.59 Å². The van der Waals surface area contributed by atoms with Gasteiger partial charge in [0.05, 0.1) is 12.6 Å². The monoisotopic (exact) mass is 392 g/mol. The summed E-state index contributed by atoms with van der Waals surface area (Å²) in [5.41, 5.74) is 1.64. The molecule has 0 bridgehead atoms. The molecule has 148 valence electrons. The fraction of sp³-hybridized carbons (Fsp3) is 0.600. The molecule has 2 aliphatic heterocycles. The van der Waals surface area contributed by atoms with Gasteiger partial charge in [-0.25, -0.2) is 0 Å². The Hall–Kier alpha value is -1.63. The van der Waals surface area contributed by atoms with Crippen LogP contribution in [0.25, 0.3) is 0 Å². The average molecular weight is 393 g/mol. The third kappa shape index (κ3) is 5.00. The van der Waals surface area contributed by atoms with E-state index in [1.165, 1.54) is 0 Å². The third-order valence-corrected chi connectivity index (χ3v) is 6.09. The lowest BCUT2D eigenvalue weighted by atomic mass is 10.1. The minimum atomic E-state index is -0.222. The molecule has 2 heterocycles. The molecule has 1 aromatic carbocycles. The maximum atomic E-state index is 12.6. The molecular weight excluding hydrogens is 364 g/mol. The lowest BCUT2D eigenvalue weighted by molar-refractivity contribution is -0.132. The highest BCUT2D eigenvalue weighted by molar-refractivity contribution is 6.31. The van der Waals surface area contributed by atoms with Crippen molar-refractivity contribution in [3.63, 3.8) is 0 Å². The van der Waals surface area contributed by atoms with Crippen LogP contribution >= 0.6 is 11.6 Å². The maximum absolute atomic E-state index is 12.6. The Balaban J connectivity index is 1.47. The zero-order valence-electron chi connectivity index (χ0n) is 16.2. The first kappa shape index (κ1) is 20.1. The third-order valence-electron chi connectivity index (χ3n) is 5.68. The number of nitrogens with one attached hydrogen (secondary N) is 1. The van der Waals surface area contributed by atoms with Crippen LogP contribution in [0.15, 0.2) is 18.2 Å². The molecule has 0 saturated carbocycles. The second kappa shape index (κ2) is 9.04. The van der Waals surface area contributed by atoms with Gasteiger partial charge in [0.25, 0.3) is 0 Å². The Kier molecular flexibility index (Phi) is 6.73. The molecule has 27 heavy (non-hydrogen) atoms. The van der Waals surface area contributed by atoms with E-state index in [-0.39, 0.29) is 17.9 Å². The van der Waals surface area contributed by atoms with Gasteiger partial charge in [-0.05, 0) is 44.4 Å². The Labute approximate surface area is 166 Å². The first-order valence-corrected chi connectivity index (χ1v) is 10.1. The summed E-state index contributed by atoms with van der Waals surface area (Å²) in [4.78, 5) is 31.3. The quantitative estimate of drug-likeness (QED) is 0.834. The largest absolute Gasteiger partial charge is 0.342 e. The van der Waals surface area contributed by atoms with E-state index < -0.39 is 0 Å². The highest BCUT2D eigenvalue weighted by Gasteiger charge is 2.28. The predicted molar refractivity (Wildman–Crippen MR) is 108 cm³/mol. The van der Waals surface area contributed by atoms with Gasteiger partial charge in [-0.2, -0.15) is 0 Å². The van der Waals surface area contributed by atoms with E-state index in [4.69, 9.17) is 11.6 Å². The summed E-state index contributed by atoms with van der Waals surface area (Å²) < 4.78 is 0. The summed E-state index contributed by atoms with van der Waals surface area (Å²) in [6.45, 7) is 9.33. The van der Waals surface area contributed by atoms with E-state index >= 15 is 0 Å². The maximum Gasteiger partial charge on any atom is 0.241 e. The van der Waals surface area contributed by atoms with Gasteiger partial charge in [-0.3, -0.25) is 19.4 Å². The van der Waals surface area contributed by atoms with Gasteiger partial charge < -0.3 is 10.2 Å². The topological polar surface area (TPSA) is 55.9 Å². The second-order valence-electron chi connectivity index (χ2n) is 7.48. The molecule has 1 atom stereocenters. The Morgan fingerprint density at radius 3 is 2.44 bits per heavy atom. The number of carbonyl (C=O) groups is 2. The number of halogens is 1. The van der Waals surface area contributed by atoms with Crippen LogP contribution < -0.4 is 5.32 Å². The molecule has 2 aliphatic rings. The summed E-state index contributed by atoms with van der Waals surface area (Å²) in [7, 11) is 0. The van der Waals surface area contributed by atoms with Crippen molar-refractivity contribution in [1.82, 2.24) is 14.7 Å². The van der Waals surface area contributed by atoms with Gasteiger partial charge in [0.1, 0.15) is 0 Å². The lowest BCUT2D eigenvalue weighted by Crippen LogP contribution is -2.54. The molecule has 0 radical (unpaired) electrons. The van der Waals surface area contributed by atoms with Crippen LogP contribution in [0.5, 0.6) is 0 Å². The van der Waals surface area contributed by atoms with Crippen molar-refractivity contribution in [2.75, 3.05) is 51.1 Å². The molecular formula is C20H29ClN4O2. The fourth-order valence-electron chi connectivity index (χ4n) is 3.71. The van der Waals surface area contributed by atoms with Crippen molar-refractivity contribution in [1.29, 1.82) is 0 Å². The molecule has 2 fully saturated rings. The minimum Gasteiger partial charge on any atom is -0.342 e. The molecule has 7 heteroatoms. The van der Waals surface area contributed by atoms with E-state index in [1.807, 2.05) is 36.9 Å². The molecule has 1 N–H and O–H groups in total. The molecule has 0 aliphatic carbocycles. The van der Waals surface area contributed by atoms with Crippen LogP contribution in [0.2, 0.25) is 5.02 Å². The summed E-state index contributed by atoms with van der Waals surface area (Å²) in [5.74, 6) is 0.213. The van der Waals surface area contributed by atoms with Crippen LogP contribution in [0.4, 0.5) is 5.69 Å². The van der Waals surface area contributed by atoms with Gasteiger partial charge in [0.15, 0.2) is 0 Å². The first-order valence-electron chi connectivity index (χ1n) is 9.76. The van der Waals surface area contributed by atoms with Crippen LogP contribution in [0, 0.1) is 6.92 Å². The minimum absolute atomic E-state index is 0.0260.